The van der Waals surface area contributed by atoms with E-state index in [-0.39, 0.29) is 35.7 Å². The van der Waals surface area contributed by atoms with Gasteiger partial charge in [0, 0.05) is 24.0 Å². The Morgan fingerprint density at radius 3 is 2.36 bits per heavy atom. The van der Waals surface area contributed by atoms with Gasteiger partial charge >= 0.3 is 17.9 Å². The summed E-state index contributed by atoms with van der Waals surface area (Å²) >= 11 is 0. The van der Waals surface area contributed by atoms with Gasteiger partial charge in [-0.1, -0.05) is 0 Å². The van der Waals surface area contributed by atoms with Crippen LogP contribution >= 0.6 is 0 Å². The minimum Gasteiger partial charge on any atom is -0.463 e. The molecule has 22 heavy (non-hydrogen) atoms. The molecule has 0 saturated heterocycles. The average Bonchev–Trinajstić information content (AvgIpc) is 2.59. The zero-order valence-corrected chi connectivity index (χ0v) is 13.9. The molecule has 1 aliphatic heterocycles. The molecule has 0 aromatic carbocycles. The Morgan fingerprint density at radius 2 is 1.86 bits per heavy atom. The second kappa shape index (κ2) is 7.54. The van der Waals surface area contributed by atoms with Gasteiger partial charge in [0.2, 0.25) is 0 Å². The largest absolute Gasteiger partial charge is 0.463 e. The molecule has 0 amide bonds. The van der Waals surface area contributed by atoms with Crippen molar-refractivity contribution < 1.29 is 28.6 Å². The Labute approximate surface area is 130 Å². The van der Waals surface area contributed by atoms with Crippen LogP contribution in [0.2, 0.25) is 0 Å². The molecular weight excluding hydrogens is 288 g/mol. The van der Waals surface area contributed by atoms with E-state index < -0.39 is 17.9 Å². The van der Waals surface area contributed by atoms with Gasteiger partial charge in [0.15, 0.2) is 0 Å². The quantitative estimate of drug-likeness (QED) is 0.530. The third-order valence-electron chi connectivity index (χ3n) is 3.16. The van der Waals surface area contributed by atoms with Gasteiger partial charge in [0.1, 0.15) is 6.10 Å². The molecule has 6 nitrogen and oxygen atoms in total. The van der Waals surface area contributed by atoms with Crippen LogP contribution in [0.15, 0.2) is 11.1 Å². The predicted molar refractivity (Wildman–Crippen MR) is 78.9 cm³/mol. The smallest absolute Gasteiger partial charge is 0.342 e. The second-order valence-electron chi connectivity index (χ2n) is 6.33. The highest BCUT2D eigenvalue weighted by molar-refractivity contribution is 6.12. The predicted octanol–water partition coefficient (Wildman–Crippen LogP) is 2.30. The van der Waals surface area contributed by atoms with E-state index in [4.69, 9.17) is 9.47 Å². The first-order chi connectivity index (χ1) is 10.1. The van der Waals surface area contributed by atoms with Crippen LogP contribution in [0.4, 0.5) is 0 Å². The van der Waals surface area contributed by atoms with Crippen LogP contribution in [0.3, 0.4) is 0 Å². The number of ether oxygens (including phenoxy) is 3. The number of hydrogen-bond donors (Lipinski definition) is 0. The number of hydrogen-bond acceptors (Lipinski definition) is 6. The van der Waals surface area contributed by atoms with Crippen molar-refractivity contribution in [3.05, 3.63) is 11.1 Å². The topological polar surface area (TPSA) is 78.9 Å². The molecule has 0 fully saturated rings. The van der Waals surface area contributed by atoms with Crippen molar-refractivity contribution in [1.82, 2.24) is 0 Å². The zero-order valence-electron chi connectivity index (χ0n) is 13.9. The van der Waals surface area contributed by atoms with Gasteiger partial charge < -0.3 is 14.2 Å². The van der Waals surface area contributed by atoms with E-state index in [0.717, 1.165) is 0 Å². The second-order valence-corrected chi connectivity index (χ2v) is 6.33. The Balaban J connectivity index is 2.32. The first-order valence-electron chi connectivity index (χ1n) is 7.40. The molecule has 0 spiro atoms. The van der Waals surface area contributed by atoms with Crippen molar-refractivity contribution in [2.45, 2.75) is 65.6 Å². The van der Waals surface area contributed by atoms with Gasteiger partial charge in [-0.05, 0) is 41.0 Å². The highest BCUT2D eigenvalue weighted by Gasteiger charge is 2.30. The van der Waals surface area contributed by atoms with E-state index in [1.807, 2.05) is 20.8 Å². The monoisotopic (exact) mass is 312 g/mol. The summed E-state index contributed by atoms with van der Waals surface area (Å²) < 4.78 is 15.3. The first-order valence-corrected chi connectivity index (χ1v) is 7.40. The summed E-state index contributed by atoms with van der Waals surface area (Å²) in [5, 5.41) is 0. The molecule has 0 saturated carbocycles. The van der Waals surface area contributed by atoms with Gasteiger partial charge in [0.05, 0.1) is 12.2 Å². The lowest BCUT2D eigenvalue weighted by Crippen LogP contribution is -2.23. The van der Waals surface area contributed by atoms with E-state index >= 15 is 0 Å². The molecule has 0 N–H and O–H groups in total. The third kappa shape index (κ3) is 5.97. The number of esters is 3. The van der Waals surface area contributed by atoms with E-state index in [0.29, 0.717) is 13.0 Å². The van der Waals surface area contributed by atoms with Crippen LogP contribution < -0.4 is 0 Å². The molecule has 6 heteroatoms. The lowest BCUT2D eigenvalue weighted by Gasteiger charge is -2.21. The molecule has 0 aliphatic carbocycles. The van der Waals surface area contributed by atoms with Crippen LogP contribution in [0.1, 0.15) is 53.9 Å². The number of cyclic esters (lactones) is 2. The summed E-state index contributed by atoms with van der Waals surface area (Å²) in [7, 11) is 0. The molecule has 1 aliphatic rings. The Hall–Kier alpha value is -1.69. The van der Waals surface area contributed by atoms with Crippen molar-refractivity contribution in [1.29, 1.82) is 0 Å². The molecule has 1 heterocycles. The van der Waals surface area contributed by atoms with E-state index in [9.17, 15) is 14.4 Å². The molecule has 124 valence electrons. The van der Waals surface area contributed by atoms with Crippen LogP contribution in [0.25, 0.3) is 0 Å². The lowest BCUT2D eigenvalue weighted by atomic mass is 10.1. The van der Waals surface area contributed by atoms with Crippen LogP contribution in [0, 0.1) is 0 Å². The van der Waals surface area contributed by atoms with Gasteiger partial charge in [-0.15, -0.1) is 0 Å². The molecule has 0 radical (unpaired) electrons. The molecular formula is C16H24O6. The minimum absolute atomic E-state index is 0.0412. The maximum Gasteiger partial charge on any atom is 0.342 e. The number of carbonyl (C=O) groups is 3. The van der Waals surface area contributed by atoms with Crippen molar-refractivity contribution in [2.75, 3.05) is 6.61 Å². The molecule has 0 aromatic rings. The fourth-order valence-electron chi connectivity index (χ4n) is 1.89. The molecule has 1 rings (SSSR count). The van der Waals surface area contributed by atoms with E-state index in [1.54, 1.807) is 6.92 Å². The summed E-state index contributed by atoms with van der Waals surface area (Å²) in [6.45, 7) is 9.69. The molecule has 1 unspecified atom stereocenters. The Kier molecular flexibility index (Phi) is 6.29. The Bertz CT molecular complexity index is 483. The van der Waals surface area contributed by atoms with Gasteiger partial charge in [-0.25, -0.2) is 9.59 Å². The van der Waals surface area contributed by atoms with Crippen LogP contribution in [0.5, 0.6) is 0 Å². The Morgan fingerprint density at radius 1 is 1.23 bits per heavy atom. The van der Waals surface area contributed by atoms with Gasteiger partial charge in [0.25, 0.3) is 0 Å². The lowest BCUT2D eigenvalue weighted by molar-refractivity contribution is -0.151. The van der Waals surface area contributed by atoms with Crippen molar-refractivity contribution >= 4 is 17.9 Å². The van der Waals surface area contributed by atoms with Crippen LogP contribution in [-0.2, 0) is 28.6 Å². The summed E-state index contributed by atoms with van der Waals surface area (Å²) in [6, 6.07) is 0. The normalized spacial score (nSPS) is 16.8. The molecule has 1 atom stereocenters. The number of carbonyl (C=O) groups excluding carboxylic acids is 3. The third-order valence-corrected chi connectivity index (χ3v) is 3.16. The molecule has 0 bridgehead atoms. The van der Waals surface area contributed by atoms with E-state index in [1.165, 1.54) is 6.92 Å². The number of rotatable bonds is 7. The highest BCUT2D eigenvalue weighted by Crippen LogP contribution is 2.21. The SMILES string of the molecule is CC1=C(CCC(=O)OC(C)CCOC(C)(C)C)C(=O)OC1=O. The van der Waals surface area contributed by atoms with Crippen molar-refractivity contribution in [3.8, 4) is 0 Å². The fourth-order valence-corrected chi connectivity index (χ4v) is 1.89. The van der Waals surface area contributed by atoms with Gasteiger partial charge in [-0.2, -0.15) is 0 Å². The maximum atomic E-state index is 11.7. The summed E-state index contributed by atoms with van der Waals surface area (Å²) in [5.41, 5.74) is 0.304. The minimum atomic E-state index is -0.665. The molecule has 0 aromatic heterocycles. The van der Waals surface area contributed by atoms with Crippen molar-refractivity contribution in [3.63, 3.8) is 0 Å². The van der Waals surface area contributed by atoms with Crippen molar-refractivity contribution in [2.24, 2.45) is 0 Å². The summed E-state index contributed by atoms with van der Waals surface area (Å²) in [6.07, 6.45) is 0.535. The fraction of sp³-hybridized carbons (Fsp3) is 0.688. The van der Waals surface area contributed by atoms with Crippen LogP contribution in [-0.4, -0.2) is 36.2 Å². The van der Waals surface area contributed by atoms with E-state index in [2.05, 4.69) is 4.74 Å². The highest BCUT2D eigenvalue weighted by atomic mass is 16.6. The summed E-state index contributed by atoms with van der Waals surface area (Å²) in [4.78, 5) is 34.3. The zero-order chi connectivity index (χ0) is 16.9. The maximum absolute atomic E-state index is 11.7. The average molecular weight is 312 g/mol. The van der Waals surface area contributed by atoms with Gasteiger partial charge in [-0.3, -0.25) is 4.79 Å². The standard InChI is InChI=1S/C16H24O6/c1-10(8-9-20-16(3,4)5)21-13(17)7-6-12-11(2)14(18)22-15(12)19/h10H,6-9H2,1-5H3. The first kappa shape index (κ1) is 18.4. The summed E-state index contributed by atoms with van der Waals surface area (Å²) in [5.74, 6) is -1.71.